The van der Waals surface area contributed by atoms with E-state index < -0.39 is 0 Å². The van der Waals surface area contributed by atoms with Gasteiger partial charge in [-0.1, -0.05) is 35.5 Å². The van der Waals surface area contributed by atoms with Crippen molar-refractivity contribution in [2.75, 3.05) is 13.6 Å². The number of aryl methyl sites for hydroxylation is 2. The molecule has 1 atom stereocenters. The standard InChI is InChI=1S/C26H28N4O3/c1-18-22-17-20(11-12-24(22)33-28-18)26(32)30(3)21(16-19-8-5-4-6-9-19)13-14-27-25(31)23-10-7-15-29(23)2/h4-12,15,17,21H,13-14,16H2,1-3H3,(H,27,31)/t21-/m1/s1. The van der Waals surface area contributed by atoms with Gasteiger partial charge < -0.3 is 19.3 Å². The molecule has 7 nitrogen and oxygen atoms in total. The number of likely N-dealkylation sites (N-methyl/N-ethyl adjacent to an activating group) is 1. The van der Waals surface area contributed by atoms with Crippen LogP contribution in [0.15, 0.2) is 71.4 Å². The van der Waals surface area contributed by atoms with Gasteiger partial charge in [0, 0.05) is 43.8 Å². The van der Waals surface area contributed by atoms with Crippen molar-refractivity contribution < 1.29 is 14.1 Å². The normalized spacial score (nSPS) is 12.0. The lowest BCUT2D eigenvalue weighted by molar-refractivity contribution is 0.0723. The predicted molar refractivity (Wildman–Crippen MR) is 127 cm³/mol. The van der Waals surface area contributed by atoms with Crippen LogP contribution in [0, 0.1) is 6.92 Å². The molecule has 2 aromatic carbocycles. The molecular weight excluding hydrogens is 416 g/mol. The van der Waals surface area contributed by atoms with Crippen LogP contribution < -0.4 is 5.32 Å². The molecule has 0 saturated heterocycles. The van der Waals surface area contributed by atoms with Crippen molar-refractivity contribution in [3.8, 4) is 0 Å². The van der Waals surface area contributed by atoms with E-state index in [9.17, 15) is 9.59 Å². The highest BCUT2D eigenvalue weighted by Gasteiger charge is 2.23. The summed E-state index contributed by atoms with van der Waals surface area (Å²) >= 11 is 0. The van der Waals surface area contributed by atoms with E-state index in [1.807, 2.05) is 57.5 Å². The SMILES string of the molecule is Cc1noc2ccc(C(=O)N(C)[C@H](CCNC(=O)c3cccn3C)Cc3ccccc3)cc12. The smallest absolute Gasteiger partial charge is 0.267 e. The number of carbonyl (C=O) groups is 2. The highest BCUT2D eigenvalue weighted by atomic mass is 16.5. The van der Waals surface area contributed by atoms with Crippen molar-refractivity contribution in [2.45, 2.75) is 25.8 Å². The molecule has 0 saturated carbocycles. The third kappa shape index (κ3) is 4.98. The minimum absolute atomic E-state index is 0.0767. The van der Waals surface area contributed by atoms with Gasteiger partial charge in [0.25, 0.3) is 11.8 Å². The van der Waals surface area contributed by atoms with Gasteiger partial charge in [-0.25, -0.2) is 0 Å². The molecule has 2 amide bonds. The maximum Gasteiger partial charge on any atom is 0.267 e. The molecule has 4 aromatic rings. The van der Waals surface area contributed by atoms with Crippen LogP contribution in [0.1, 0.15) is 38.5 Å². The van der Waals surface area contributed by atoms with E-state index >= 15 is 0 Å². The van der Waals surface area contributed by atoms with Crippen LogP contribution in [-0.4, -0.2) is 46.1 Å². The molecule has 7 heteroatoms. The van der Waals surface area contributed by atoms with Crippen LogP contribution in [0.25, 0.3) is 11.0 Å². The Morgan fingerprint density at radius 1 is 1.12 bits per heavy atom. The molecule has 2 heterocycles. The van der Waals surface area contributed by atoms with E-state index in [0.29, 0.717) is 36.2 Å². The Kier molecular flexibility index (Phi) is 6.58. The zero-order valence-electron chi connectivity index (χ0n) is 19.1. The van der Waals surface area contributed by atoms with Crippen molar-refractivity contribution >= 4 is 22.8 Å². The third-order valence-electron chi connectivity index (χ3n) is 6.02. The molecule has 0 aliphatic carbocycles. The van der Waals surface area contributed by atoms with Gasteiger partial charge in [0.1, 0.15) is 5.69 Å². The first kappa shape index (κ1) is 22.3. The summed E-state index contributed by atoms with van der Waals surface area (Å²) in [5, 5.41) is 7.80. The van der Waals surface area contributed by atoms with Crippen LogP contribution in [-0.2, 0) is 13.5 Å². The molecule has 170 valence electrons. The van der Waals surface area contributed by atoms with Gasteiger partial charge in [-0.3, -0.25) is 9.59 Å². The van der Waals surface area contributed by atoms with Crippen LogP contribution in [0.5, 0.6) is 0 Å². The largest absolute Gasteiger partial charge is 0.356 e. The Morgan fingerprint density at radius 3 is 2.64 bits per heavy atom. The first-order valence-corrected chi connectivity index (χ1v) is 11.0. The Hall–Kier alpha value is -3.87. The molecule has 1 N–H and O–H groups in total. The number of nitrogens with zero attached hydrogens (tertiary/aromatic N) is 3. The van der Waals surface area contributed by atoms with Gasteiger partial charge in [0.2, 0.25) is 0 Å². The summed E-state index contributed by atoms with van der Waals surface area (Å²) in [5.74, 6) is -0.199. The number of fused-ring (bicyclic) bond motifs is 1. The molecular formula is C26H28N4O3. The minimum atomic E-state index is -0.122. The topological polar surface area (TPSA) is 80.4 Å². The lowest BCUT2D eigenvalue weighted by Crippen LogP contribution is -2.41. The number of hydrogen-bond donors (Lipinski definition) is 1. The zero-order valence-corrected chi connectivity index (χ0v) is 19.1. The predicted octanol–water partition coefficient (Wildman–Crippen LogP) is 3.98. The van der Waals surface area contributed by atoms with Crippen LogP contribution >= 0.6 is 0 Å². The van der Waals surface area contributed by atoms with E-state index in [-0.39, 0.29) is 17.9 Å². The highest BCUT2D eigenvalue weighted by molar-refractivity contribution is 5.98. The summed E-state index contributed by atoms with van der Waals surface area (Å²) in [5.41, 5.74) is 3.75. The molecule has 0 spiro atoms. The van der Waals surface area contributed by atoms with Crippen molar-refractivity contribution in [3.05, 3.63) is 89.4 Å². The molecule has 0 fully saturated rings. The Labute approximate surface area is 193 Å². The summed E-state index contributed by atoms with van der Waals surface area (Å²) in [4.78, 5) is 27.6. The van der Waals surface area contributed by atoms with Crippen molar-refractivity contribution in [1.29, 1.82) is 0 Å². The molecule has 0 unspecified atom stereocenters. The minimum Gasteiger partial charge on any atom is -0.356 e. The summed E-state index contributed by atoms with van der Waals surface area (Å²) in [6, 6.07) is 19.0. The molecule has 0 aliphatic rings. The van der Waals surface area contributed by atoms with Crippen molar-refractivity contribution in [2.24, 2.45) is 7.05 Å². The second-order valence-corrected chi connectivity index (χ2v) is 8.29. The second kappa shape index (κ2) is 9.73. The van der Waals surface area contributed by atoms with Gasteiger partial charge >= 0.3 is 0 Å². The van der Waals surface area contributed by atoms with Crippen molar-refractivity contribution in [1.82, 2.24) is 19.9 Å². The monoisotopic (exact) mass is 444 g/mol. The average molecular weight is 445 g/mol. The maximum absolute atomic E-state index is 13.4. The van der Waals surface area contributed by atoms with E-state index in [2.05, 4.69) is 22.6 Å². The van der Waals surface area contributed by atoms with Crippen molar-refractivity contribution in [3.63, 3.8) is 0 Å². The molecule has 0 bridgehead atoms. The van der Waals surface area contributed by atoms with Gasteiger partial charge in [-0.2, -0.15) is 0 Å². The Bertz CT molecular complexity index is 1260. The lowest BCUT2D eigenvalue weighted by atomic mass is 10.0. The summed E-state index contributed by atoms with van der Waals surface area (Å²) in [7, 11) is 3.66. The fraction of sp³-hybridized carbons (Fsp3) is 0.269. The lowest BCUT2D eigenvalue weighted by Gasteiger charge is -2.29. The molecule has 33 heavy (non-hydrogen) atoms. The van der Waals surface area contributed by atoms with E-state index in [1.165, 1.54) is 0 Å². The van der Waals surface area contributed by atoms with Gasteiger partial charge in [-0.15, -0.1) is 0 Å². The Morgan fingerprint density at radius 2 is 1.91 bits per heavy atom. The van der Waals surface area contributed by atoms with Gasteiger partial charge in [0.05, 0.1) is 5.69 Å². The summed E-state index contributed by atoms with van der Waals surface area (Å²) < 4.78 is 7.06. The maximum atomic E-state index is 13.4. The molecule has 0 radical (unpaired) electrons. The number of aromatic nitrogens is 2. The van der Waals surface area contributed by atoms with Crippen LogP contribution in [0.3, 0.4) is 0 Å². The number of carbonyl (C=O) groups excluding carboxylic acids is 2. The Balaban J connectivity index is 1.49. The fourth-order valence-electron chi connectivity index (χ4n) is 4.02. The molecule has 4 rings (SSSR count). The third-order valence-corrected chi connectivity index (χ3v) is 6.02. The van der Waals surface area contributed by atoms with E-state index in [4.69, 9.17) is 4.52 Å². The zero-order chi connectivity index (χ0) is 23.4. The van der Waals surface area contributed by atoms with Gasteiger partial charge in [0.15, 0.2) is 5.58 Å². The number of hydrogen-bond acceptors (Lipinski definition) is 4. The first-order valence-electron chi connectivity index (χ1n) is 11.0. The number of nitrogens with one attached hydrogen (secondary N) is 1. The first-order chi connectivity index (χ1) is 15.9. The second-order valence-electron chi connectivity index (χ2n) is 8.29. The number of rotatable bonds is 8. The van der Waals surface area contributed by atoms with Crippen LogP contribution in [0.2, 0.25) is 0 Å². The fourth-order valence-corrected chi connectivity index (χ4v) is 4.02. The number of amides is 2. The highest BCUT2D eigenvalue weighted by Crippen LogP contribution is 2.21. The number of benzene rings is 2. The van der Waals surface area contributed by atoms with E-state index in [0.717, 1.165) is 16.6 Å². The molecule has 2 aromatic heterocycles. The average Bonchev–Trinajstić information content (AvgIpc) is 3.43. The van der Waals surface area contributed by atoms with E-state index in [1.54, 1.807) is 27.7 Å². The molecule has 0 aliphatic heterocycles. The summed E-state index contributed by atoms with van der Waals surface area (Å²) in [6.45, 7) is 2.32. The van der Waals surface area contributed by atoms with Crippen LogP contribution in [0.4, 0.5) is 0 Å². The summed E-state index contributed by atoms with van der Waals surface area (Å²) in [6.07, 6.45) is 3.16. The van der Waals surface area contributed by atoms with Gasteiger partial charge in [-0.05, 0) is 55.7 Å². The quantitative estimate of drug-likeness (QED) is 0.446.